The molecule has 36 heavy (non-hydrogen) atoms. The molecule has 0 bridgehead atoms. The molecule has 0 unspecified atom stereocenters. The molecule has 2 aliphatic rings. The minimum Gasteiger partial charge on any atom is -0.454 e. The molecule has 2 aliphatic heterocycles. The van der Waals surface area contributed by atoms with Crippen molar-refractivity contribution in [3.05, 3.63) is 98.0 Å². The van der Waals surface area contributed by atoms with E-state index in [2.05, 4.69) is 38.7 Å². The Hall–Kier alpha value is -3.20. The van der Waals surface area contributed by atoms with Gasteiger partial charge in [0.2, 0.25) is 6.79 Å². The maximum atomic E-state index is 13.2. The van der Waals surface area contributed by atoms with Gasteiger partial charge in [-0.05, 0) is 53.2 Å². The highest BCUT2D eigenvalue weighted by atomic mass is 79.9. The highest BCUT2D eigenvalue weighted by Gasteiger charge is 2.36. The van der Waals surface area contributed by atoms with Gasteiger partial charge in [-0.2, -0.15) is 0 Å². The van der Waals surface area contributed by atoms with Crippen LogP contribution in [0.3, 0.4) is 0 Å². The number of ether oxygens (including phenoxy) is 2. The standard InChI is InChI=1S/C27H18BrClN2O4S/c28-19-7-5-16(6-8-19)12-30-13-17(20-3-1-2-4-22(20)30)10-25-26(32)31(27(33)36-25)14-18-9-23-24(11-21(18)29)35-15-34-23/h1-11,13H,12,14-15H2/b25-10-. The van der Waals surface area contributed by atoms with Crippen LogP contribution in [0.4, 0.5) is 4.79 Å². The number of amides is 2. The van der Waals surface area contributed by atoms with E-state index in [1.54, 1.807) is 18.2 Å². The van der Waals surface area contributed by atoms with Gasteiger partial charge < -0.3 is 14.0 Å². The van der Waals surface area contributed by atoms with Crippen molar-refractivity contribution in [1.82, 2.24) is 9.47 Å². The zero-order valence-electron chi connectivity index (χ0n) is 18.7. The number of nitrogens with zero attached hydrogens (tertiary/aromatic N) is 2. The lowest BCUT2D eigenvalue weighted by atomic mass is 10.1. The Kier molecular flexibility index (Phi) is 6.03. The number of carbonyl (C=O) groups excluding carboxylic acids is 2. The molecule has 6 rings (SSSR count). The highest BCUT2D eigenvalue weighted by molar-refractivity contribution is 9.10. The van der Waals surface area contributed by atoms with E-state index in [0.29, 0.717) is 33.5 Å². The minimum absolute atomic E-state index is 0.0583. The summed E-state index contributed by atoms with van der Waals surface area (Å²) in [6, 6.07) is 19.6. The molecule has 1 saturated heterocycles. The molecule has 6 nitrogen and oxygen atoms in total. The fourth-order valence-electron chi connectivity index (χ4n) is 4.34. The number of hydrogen-bond acceptors (Lipinski definition) is 5. The molecule has 3 aromatic carbocycles. The Morgan fingerprint density at radius 2 is 1.75 bits per heavy atom. The average molecular weight is 582 g/mol. The quantitative estimate of drug-likeness (QED) is 0.236. The number of carbonyl (C=O) groups is 2. The lowest BCUT2D eigenvalue weighted by molar-refractivity contribution is -0.123. The van der Waals surface area contributed by atoms with E-state index in [9.17, 15) is 9.59 Å². The summed E-state index contributed by atoms with van der Waals surface area (Å²) in [5.74, 6) is 0.760. The second-order valence-corrected chi connectivity index (χ2v) is 10.7. The van der Waals surface area contributed by atoms with Crippen molar-refractivity contribution in [2.45, 2.75) is 13.1 Å². The van der Waals surface area contributed by atoms with Crippen molar-refractivity contribution >= 4 is 67.4 Å². The summed E-state index contributed by atoms with van der Waals surface area (Å²) in [5.41, 5.74) is 3.72. The molecule has 9 heteroatoms. The van der Waals surface area contributed by atoms with E-state index in [0.717, 1.165) is 38.3 Å². The van der Waals surface area contributed by atoms with Crippen LogP contribution in [-0.4, -0.2) is 27.4 Å². The third-order valence-electron chi connectivity index (χ3n) is 6.12. The first-order valence-corrected chi connectivity index (χ1v) is 13.1. The number of thioether (sulfide) groups is 1. The van der Waals surface area contributed by atoms with Gasteiger partial charge in [0.05, 0.1) is 11.4 Å². The monoisotopic (exact) mass is 580 g/mol. The van der Waals surface area contributed by atoms with Gasteiger partial charge in [-0.15, -0.1) is 0 Å². The average Bonchev–Trinajstić information content (AvgIpc) is 3.54. The van der Waals surface area contributed by atoms with Gasteiger partial charge >= 0.3 is 0 Å². The van der Waals surface area contributed by atoms with Crippen molar-refractivity contribution in [1.29, 1.82) is 0 Å². The van der Waals surface area contributed by atoms with E-state index in [1.807, 2.05) is 36.5 Å². The fraction of sp³-hybridized carbons (Fsp3) is 0.111. The molecule has 0 spiro atoms. The summed E-state index contributed by atoms with van der Waals surface area (Å²) in [5, 5.41) is 1.09. The van der Waals surface area contributed by atoms with Crippen LogP contribution in [0.2, 0.25) is 5.02 Å². The van der Waals surface area contributed by atoms with E-state index >= 15 is 0 Å². The molecule has 3 heterocycles. The Morgan fingerprint density at radius 1 is 1.00 bits per heavy atom. The maximum absolute atomic E-state index is 13.2. The number of fused-ring (bicyclic) bond motifs is 2. The molecule has 1 fully saturated rings. The van der Waals surface area contributed by atoms with Crippen molar-refractivity contribution in [3.63, 3.8) is 0 Å². The first kappa shape index (κ1) is 23.2. The first-order valence-electron chi connectivity index (χ1n) is 11.1. The first-order chi connectivity index (χ1) is 17.5. The molecule has 2 amide bonds. The highest BCUT2D eigenvalue weighted by Crippen LogP contribution is 2.40. The third-order valence-corrected chi connectivity index (χ3v) is 7.90. The van der Waals surface area contributed by atoms with Crippen LogP contribution >= 0.6 is 39.3 Å². The molecule has 0 radical (unpaired) electrons. The lowest BCUT2D eigenvalue weighted by Crippen LogP contribution is -2.27. The van der Waals surface area contributed by atoms with E-state index in [1.165, 1.54) is 4.90 Å². The molecular formula is C27H18BrClN2O4S. The number of halogens is 2. The topological polar surface area (TPSA) is 60.8 Å². The number of rotatable bonds is 5. The normalized spacial score (nSPS) is 16.1. The molecule has 0 N–H and O–H groups in total. The van der Waals surface area contributed by atoms with Gasteiger partial charge in [0.15, 0.2) is 11.5 Å². The van der Waals surface area contributed by atoms with Gasteiger partial charge in [-0.1, -0.05) is 57.9 Å². The SMILES string of the molecule is O=C1S/C(=C\c2cn(Cc3ccc(Br)cc3)c3ccccc23)C(=O)N1Cc1cc2c(cc1Cl)OCO2. The van der Waals surface area contributed by atoms with Crippen molar-refractivity contribution in [2.75, 3.05) is 6.79 Å². The summed E-state index contributed by atoms with van der Waals surface area (Å²) in [4.78, 5) is 27.6. The Bertz CT molecular complexity index is 1560. The maximum Gasteiger partial charge on any atom is 0.293 e. The minimum atomic E-state index is -0.344. The number of imide groups is 1. The van der Waals surface area contributed by atoms with Crippen LogP contribution in [0.1, 0.15) is 16.7 Å². The van der Waals surface area contributed by atoms with Crippen LogP contribution in [0.5, 0.6) is 11.5 Å². The van der Waals surface area contributed by atoms with Crippen molar-refractivity contribution < 1.29 is 19.1 Å². The van der Waals surface area contributed by atoms with Gasteiger partial charge in [-0.3, -0.25) is 14.5 Å². The van der Waals surface area contributed by atoms with Crippen LogP contribution in [-0.2, 0) is 17.9 Å². The summed E-state index contributed by atoms with van der Waals surface area (Å²) in [6.07, 6.45) is 3.82. The smallest absolute Gasteiger partial charge is 0.293 e. The second kappa shape index (κ2) is 9.35. The molecule has 4 aromatic rings. The summed E-state index contributed by atoms with van der Waals surface area (Å²) >= 11 is 10.8. The molecule has 1 aromatic heterocycles. The number of hydrogen-bond donors (Lipinski definition) is 0. The lowest BCUT2D eigenvalue weighted by Gasteiger charge is -2.14. The van der Waals surface area contributed by atoms with Gasteiger partial charge in [0.25, 0.3) is 11.1 Å². The molecule has 0 atom stereocenters. The number of aromatic nitrogens is 1. The van der Waals surface area contributed by atoms with E-state index < -0.39 is 0 Å². The molecule has 0 saturated carbocycles. The molecule has 180 valence electrons. The third kappa shape index (κ3) is 4.30. The van der Waals surface area contributed by atoms with Gasteiger partial charge in [-0.25, -0.2) is 0 Å². The Balaban J connectivity index is 1.30. The summed E-state index contributed by atoms with van der Waals surface area (Å²) < 4.78 is 13.9. The molecular weight excluding hydrogens is 564 g/mol. The van der Waals surface area contributed by atoms with Crippen molar-refractivity contribution in [3.8, 4) is 11.5 Å². The van der Waals surface area contributed by atoms with Gasteiger partial charge in [0, 0.05) is 44.8 Å². The zero-order valence-corrected chi connectivity index (χ0v) is 21.9. The summed E-state index contributed by atoms with van der Waals surface area (Å²) in [6.45, 7) is 0.864. The second-order valence-electron chi connectivity index (χ2n) is 8.42. The fourth-order valence-corrected chi connectivity index (χ4v) is 5.64. The summed E-state index contributed by atoms with van der Waals surface area (Å²) in [7, 11) is 0. The van der Waals surface area contributed by atoms with Gasteiger partial charge in [0.1, 0.15) is 0 Å². The molecule has 0 aliphatic carbocycles. The van der Waals surface area contributed by atoms with E-state index in [-0.39, 0.29) is 24.5 Å². The Labute approximate surface area is 224 Å². The predicted molar refractivity (Wildman–Crippen MR) is 144 cm³/mol. The van der Waals surface area contributed by atoms with Crippen molar-refractivity contribution in [2.24, 2.45) is 0 Å². The number of para-hydroxylation sites is 1. The zero-order chi connectivity index (χ0) is 24.8. The van der Waals surface area contributed by atoms with E-state index in [4.69, 9.17) is 21.1 Å². The number of benzene rings is 3. The van der Waals surface area contributed by atoms with Crippen LogP contribution in [0.25, 0.3) is 17.0 Å². The largest absolute Gasteiger partial charge is 0.454 e. The van der Waals surface area contributed by atoms with Crippen LogP contribution < -0.4 is 9.47 Å². The van der Waals surface area contributed by atoms with Crippen LogP contribution in [0, 0.1) is 0 Å². The Morgan fingerprint density at radius 3 is 2.56 bits per heavy atom. The van der Waals surface area contributed by atoms with Crippen LogP contribution in [0.15, 0.2) is 76.2 Å². The predicted octanol–water partition coefficient (Wildman–Crippen LogP) is 7.07.